The van der Waals surface area contributed by atoms with Gasteiger partial charge in [0, 0.05) is 19.5 Å². The molecule has 1 amide bonds. The summed E-state index contributed by atoms with van der Waals surface area (Å²) in [4.78, 5) is 14.1. The monoisotopic (exact) mass is 247 g/mol. The average Bonchev–Trinajstić information content (AvgIpc) is 2.36. The molecule has 1 heterocycles. The molecule has 0 radical (unpaired) electrons. The topological polar surface area (TPSA) is 29.5 Å². The summed E-state index contributed by atoms with van der Waals surface area (Å²) < 4.78 is 5.64. The smallest absolute Gasteiger partial charge is 0.223 e. The predicted octanol–water partition coefficient (Wildman–Crippen LogP) is 2.25. The molecule has 1 saturated heterocycles. The number of rotatable bonds is 3. The van der Waals surface area contributed by atoms with Gasteiger partial charge in [0.1, 0.15) is 0 Å². The van der Waals surface area contributed by atoms with Gasteiger partial charge in [0.15, 0.2) is 0 Å². The summed E-state index contributed by atoms with van der Waals surface area (Å²) in [6.45, 7) is 5.48. The molecule has 0 saturated carbocycles. The first-order valence-corrected chi connectivity index (χ1v) is 6.62. The Labute approximate surface area is 109 Å². The third-order valence-electron chi connectivity index (χ3n) is 3.24. The van der Waals surface area contributed by atoms with Crippen LogP contribution in [0.5, 0.6) is 0 Å². The molecule has 1 aliphatic heterocycles. The van der Waals surface area contributed by atoms with Gasteiger partial charge < -0.3 is 9.64 Å². The van der Waals surface area contributed by atoms with Gasteiger partial charge in [-0.1, -0.05) is 30.3 Å². The van der Waals surface area contributed by atoms with Gasteiger partial charge in [0.05, 0.1) is 12.2 Å². The zero-order valence-corrected chi connectivity index (χ0v) is 11.1. The van der Waals surface area contributed by atoms with Crippen molar-refractivity contribution in [2.24, 2.45) is 0 Å². The van der Waals surface area contributed by atoms with E-state index in [9.17, 15) is 4.79 Å². The number of hydrogen-bond acceptors (Lipinski definition) is 2. The van der Waals surface area contributed by atoms with Crippen LogP contribution in [0.2, 0.25) is 0 Å². The lowest BCUT2D eigenvalue weighted by Crippen LogP contribution is -2.48. The van der Waals surface area contributed by atoms with Crippen molar-refractivity contribution in [1.29, 1.82) is 0 Å². The second kappa shape index (κ2) is 6.01. The lowest BCUT2D eigenvalue weighted by Gasteiger charge is -2.35. The molecule has 0 unspecified atom stereocenters. The number of aryl methyl sites for hydroxylation is 1. The summed E-state index contributed by atoms with van der Waals surface area (Å²) in [6.07, 6.45) is 1.70. The van der Waals surface area contributed by atoms with E-state index in [1.165, 1.54) is 5.56 Å². The Balaban J connectivity index is 1.84. The Morgan fingerprint density at radius 2 is 1.83 bits per heavy atom. The van der Waals surface area contributed by atoms with Crippen LogP contribution in [0, 0.1) is 0 Å². The lowest BCUT2D eigenvalue weighted by atomic mass is 10.1. The van der Waals surface area contributed by atoms with Crippen LogP contribution in [-0.2, 0) is 16.0 Å². The van der Waals surface area contributed by atoms with E-state index >= 15 is 0 Å². The SMILES string of the molecule is C[C@@H]1CN(C(=O)CCc2ccccc2)C[C@H](C)O1. The van der Waals surface area contributed by atoms with Crippen molar-refractivity contribution in [2.75, 3.05) is 13.1 Å². The van der Waals surface area contributed by atoms with Crippen molar-refractivity contribution < 1.29 is 9.53 Å². The minimum Gasteiger partial charge on any atom is -0.372 e. The van der Waals surface area contributed by atoms with Gasteiger partial charge in [0.25, 0.3) is 0 Å². The number of carbonyl (C=O) groups excluding carboxylic acids is 1. The van der Waals surface area contributed by atoms with E-state index in [2.05, 4.69) is 12.1 Å². The van der Waals surface area contributed by atoms with Gasteiger partial charge in [-0.2, -0.15) is 0 Å². The number of amides is 1. The first-order chi connectivity index (χ1) is 8.65. The molecule has 2 rings (SSSR count). The van der Waals surface area contributed by atoms with E-state index in [0.717, 1.165) is 19.5 Å². The Hall–Kier alpha value is -1.35. The minimum atomic E-state index is 0.148. The van der Waals surface area contributed by atoms with Crippen LogP contribution in [0.1, 0.15) is 25.8 Å². The second-order valence-corrected chi connectivity index (χ2v) is 5.04. The Kier molecular flexibility index (Phi) is 4.37. The van der Waals surface area contributed by atoms with E-state index in [-0.39, 0.29) is 18.1 Å². The van der Waals surface area contributed by atoms with Crippen molar-refractivity contribution >= 4 is 5.91 Å². The minimum absolute atomic E-state index is 0.148. The highest BCUT2D eigenvalue weighted by Crippen LogP contribution is 2.13. The molecule has 0 spiro atoms. The molecule has 0 aliphatic carbocycles. The van der Waals surface area contributed by atoms with Crippen molar-refractivity contribution in [3.63, 3.8) is 0 Å². The van der Waals surface area contributed by atoms with Crippen LogP contribution in [0.25, 0.3) is 0 Å². The molecule has 0 N–H and O–H groups in total. The average molecular weight is 247 g/mol. The predicted molar refractivity (Wildman–Crippen MR) is 71.4 cm³/mol. The molecule has 0 aromatic heterocycles. The molecule has 1 aromatic carbocycles. The fourth-order valence-corrected chi connectivity index (χ4v) is 2.44. The summed E-state index contributed by atoms with van der Waals surface area (Å²) >= 11 is 0. The van der Waals surface area contributed by atoms with E-state index in [4.69, 9.17) is 4.74 Å². The van der Waals surface area contributed by atoms with Gasteiger partial charge in [-0.3, -0.25) is 4.79 Å². The summed E-state index contributed by atoms with van der Waals surface area (Å²) in [6, 6.07) is 10.2. The van der Waals surface area contributed by atoms with Gasteiger partial charge in [-0.05, 0) is 25.8 Å². The molecule has 0 bridgehead atoms. The summed E-state index contributed by atoms with van der Waals surface area (Å²) in [5.41, 5.74) is 1.22. The first kappa shape index (κ1) is 13.1. The summed E-state index contributed by atoms with van der Waals surface area (Å²) in [5, 5.41) is 0. The third-order valence-corrected chi connectivity index (χ3v) is 3.24. The molecule has 1 aromatic rings. The van der Waals surface area contributed by atoms with E-state index in [0.29, 0.717) is 6.42 Å². The highest BCUT2D eigenvalue weighted by atomic mass is 16.5. The Morgan fingerprint density at radius 3 is 2.44 bits per heavy atom. The van der Waals surface area contributed by atoms with Crippen LogP contribution in [0.4, 0.5) is 0 Å². The largest absolute Gasteiger partial charge is 0.372 e. The molecular formula is C15H21NO2. The van der Waals surface area contributed by atoms with E-state index in [1.807, 2.05) is 36.9 Å². The molecular weight excluding hydrogens is 226 g/mol. The fourth-order valence-electron chi connectivity index (χ4n) is 2.44. The number of benzene rings is 1. The maximum Gasteiger partial charge on any atom is 0.223 e. The zero-order chi connectivity index (χ0) is 13.0. The highest BCUT2D eigenvalue weighted by Gasteiger charge is 2.25. The number of carbonyl (C=O) groups is 1. The van der Waals surface area contributed by atoms with Gasteiger partial charge >= 0.3 is 0 Å². The Morgan fingerprint density at radius 1 is 1.22 bits per heavy atom. The fraction of sp³-hybridized carbons (Fsp3) is 0.533. The molecule has 18 heavy (non-hydrogen) atoms. The van der Waals surface area contributed by atoms with Crippen molar-refractivity contribution in [3.8, 4) is 0 Å². The molecule has 3 heteroatoms. The maximum absolute atomic E-state index is 12.1. The van der Waals surface area contributed by atoms with Crippen LogP contribution in [-0.4, -0.2) is 36.1 Å². The van der Waals surface area contributed by atoms with E-state index in [1.54, 1.807) is 0 Å². The van der Waals surface area contributed by atoms with Gasteiger partial charge in [0.2, 0.25) is 5.91 Å². The third kappa shape index (κ3) is 3.57. The number of nitrogens with zero attached hydrogens (tertiary/aromatic N) is 1. The van der Waals surface area contributed by atoms with Crippen molar-refractivity contribution in [1.82, 2.24) is 4.90 Å². The number of hydrogen-bond donors (Lipinski definition) is 0. The number of ether oxygens (including phenoxy) is 1. The summed E-state index contributed by atoms with van der Waals surface area (Å²) in [5.74, 6) is 0.237. The van der Waals surface area contributed by atoms with Gasteiger partial charge in [-0.15, -0.1) is 0 Å². The zero-order valence-electron chi connectivity index (χ0n) is 11.1. The van der Waals surface area contributed by atoms with Crippen LogP contribution in [0.15, 0.2) is 30.3 Å². The van der Waals surface area contributed by atoms with Crippen molar-refractivity contribution in [2.45, 2.75) is 38.9 Å². The van der Waals surface area contributed by atoms with Crippen LogP contribution in [0.3, 0.4) is 0 Å². The normalized spacial score (nSPS) is 24.0. The standard InChI is InChI=1S/C15H21NO2/c1-12-10-16(11-13(2)18-12)15(17)9-8-14-6-4-3-5-7-14/h3-7,12-13H,8-11H2,1-2H3/t12-,13+. The van der Waals surface area contributed by atoms with Crippen molar-refractivity contribution in [3.05, 3.63) is 35.9 Å². The molecule has 2 atom stereocenters. The van der Waals surface area contributed by atoms with E-state index < -0.39 is 0 Å². The lowest BCUT2D eigenvalue weighted by molar-refractivity contribution is -0.143. The first-order valence-electron chi connectivity index (χ1n) is 6.62. The Bertz CT molecular complexity index is 381. The molecule has 98 valence electrons. The van der Waals surface area contributed by atoms with Gasteiger partial charge in [-0.25, -0.2) is 0 Å². The van der Waals surface area contributed by atoms with Crippen LogP contribution >= 0.6 is 0 Å². The molecule has 3 nitrogen and oxygen atoms in total. The quantitative estimate of drug-likeness (QED) is 0.820. The second-order valence-electron chi connectivity index (χ2n) is 5.04. The maximum atomic E-state index is 12.1. The summed E-state index contributed by atoms with van der Waals surface area (Å²) in [7, 11) is 0. The van der Waals surface area contributed by atoms with Crippen LogP contribution < -0.4 is 0 Å². The number of morpholine rings is 1. The highest BCUT2D eigenvalue weighted by molar-refractivity contribution is 5.76. The molecule has 1 fully saturated rings. The molecule has 1 aliphatic rings.